The maximum Gasteiger partial charge on any atom is 0.254 e. The van der Waals surface area contributed by atoms with E-state index in [1.165, 1.54) is 12.1 Å². The quantitative estimate of drug-likeness (QED) is 0.646. The first kappa shape index (κ1) is 12.3. The fourth-order valence-electron chi connectivity index (χ4n) is 1.04. The lowest BCUT2D eigenvalue weighted by Gasteiger charge is -2.04. The largest absolute Gasteiger partial charge is 0.352 e. The number of benzene rings is 1. The highest BCUT2D eigenvalue weighted by atomic mass is 35.5. The maximum absolute atomic E-state index is 13.2. The van der Waals surface area contributed by atoms with Crippen LogP contribution in [-0.2, 0) is 0 Å². The smallest absolute Gasteiger partial charge is 0.254 e. The Morgan fingerprint density at radius 1 is 1.47 bits per heavy atom. The van der Waals surface area contributed by atoms with Gasteiger partial charge >= 0.3 is 0 Å². The van der Waals surface area contributed by atoms with Crippen molar-refractivity contribution < 1.29 is 9.18 Å². The molecule has 0 fully saturated rings. The number of hydrogen-bond acceptors (Lipinski definition) is 1. The molecular formula is C10H10Cl2FNO. The molecule has 5 heteroatoms. The average molecular weight is 250 g/mol. The van der Waals surface area contributed by atoms with Crippen molar-refractivity contribution in [2.75, 3.05) is 12.4 Å². The van der Waals surface area contributed by atoms with Crippen LogP contribution >= 0.6 is 23.2 Å². The number of hydrogen-bond donors (Lipinski definition) is 1. The fraction of sp³-hybridized carbons (Fsp3) is 0.300. The van der Waals surface area contributed by atoms with Gasteiger partial charge in [-0.2, -0.15) is 0 Å². The molecule has 82 valence electrons. The molecule has 0 unspecified atom stereocenters. The van der Waals surface area contributed by atoms with Crippen LogP contribution in [0.15, 0.2) is 18.2 Å². The van der Waals surface area contributed by atoms with Crippen molar-refractivity contribution in [2.24, 2.45) is 0 Å². The van der Waals surface area contributed by atoms with E-state index in [4.69, 9.17) is 23.2 Å². The van der Waals surface area contributed by atoms with Crippen molar-refractivity contribution in [1.29, 1.82) is 0 Å². The summed E-state index contributed by atoms with van der Waals surface area (Å²) in [5.74, 6) is -0.608. The van der Waals surface area contributed by atoms with E-state index < -0.39 is 11.7 Å². The second-order valence-electron chi connectivity index (χ2n) is 2.92. The highest BCUT2D eigenvalue weighted by molar-refractivity contribution is 6.30. The van der Waals surface area contributed by atoms with Crippen LogP contribution in [0, 0.1) is 5.82 Å². The van der Waals surface area contributed by atoms with Crippen LogP contribution in [0.5, 0.6) is 0 Å². The first-order chi connectivity index (χ1) is 7.15. The van der Waals surface area contributed by atoms with Crippen LogP contribution in [0.2, 0.25) is 5.02 Å². The molecule has 15 heavy (non-hydrogen) atoms. The topological polar surface area (TPSA) is 29.1 Å². The summed E-state index contributed by atoms with van der Waals surface area (Å²) < 4.78 is 13.2. The highest BCUT2D eigenvalue weighted by Gasteiger charge is 2.10. The molecule has 0 saturated heterocycles. The minimum absolute atomic E-state index is 0.00558. The van der Waals surface area contributed by atoms with Crippen LogP contribution in [0.4, 0.5) is 4.39 Å². The minimum atomic E-state index is -0.620. The Labute approximate surface area is 97.4 Å². The van der Waals surface area contributed by atoms with Crippen LogP contribution < -0.4 is 5.32 Å². The number of nitrogens with one attached hydrogen (secondary N) is 1. The van der Waals surface area contributed by atoms with Crippen molar-refractivity contribution in [1.82, 2.24) is 5.32 Å². The number of amides is 1. The van der Waals surface area contributed by atoms with Crippen LogP contribution in [-0.4, -0.2) is 18.3 Å². The third-order valence-corrected chi connectivity index (χ3v) is 2.27. The Bertz CT molecular complexity index is 357. The Morgan fingerprint density at radius 3 is 2.80 bits per heavy atom. The average Bonchev–Trinajstić information content (AvgIpc) is 2.17. The first-order valence-electron chi connectivity index (χ1n) is 4.44. The molecule has 1 aromatic rings. The first-order valence-corrected chi connectivity index (χ1v) is 5.35. The third-order valence-electron chi connectivity index (χ3n) is 1.77. The van der Waals surface area contributed by atoms with E-state index in [1.807, 2.05) is 0 Å². The van der Waals surface area contributed by atoms with Gasteiger partial charge < -0.3 is 5.32 Å². The van der Waals surface area contributed by atoms with Gasteiger partial charge in [0.2, 0.25) is 0 Å². The molecule has 2 nitrogen and oxygen atoms in total. The van der Waals surface area contributed by atoms with Gasteiger partial charge in [0.25, 0.3) is 5.91 Å². The molecule has 0 aliphatic heterocycles. The third kappa shape index (κ3) is 3.68. The predicted octanol–water partition coefficient (Wildman–Crippen LogP) is 2.84. The molecule has 0 atom stereocenters. The van der Waals surface area contributed by atoms with Crippen LogP contribution in [0.3, 0.4) is 0 Å². The summed E-state index contributed by atoms with van der Waals surface area (Å²) in [5, 5.41) is 2.82. The maximum atomic E-state index is 13.2. The SMILES string of the molecule is O=C(NCCCCl)c1ccc(Cl)cc1F. The highest BCUT2D eigenvalue weighted by Crippen LogP contribution is 2.14. The number of halogens is 3. The molecule has 0 bridgehead atoms. The van der Waals surface area contributed by atoms with Gasteiger partial charge in [-0.1, -0.05) is 11.6 Å². The zero-order valence-electron chi connectivity index (χ0n) is 7.90. The molecule has 0 heterocycles. The molecule has 0 radical (unpaired) electrons. The second-order valence-corrected chi connectivity index (χ2v) is 3.74. The summed E-state index contributed by atoms with van der Waals surface area (Å²) in [6, 6.07) is 3.94. The van der Waals surface area contributed by atoms with E-state index in [1.54, 1.807) is 0 Å². The Balaban J connectivity index is 2.65. The normalized spacial score (nSPS) is 10.1. The Hall–Kier alpha value is -0.800. The lowest BCUT2D eigenvalue weighted by molar-refractivity contribution is 0.0950. The van der Waals surface area contributed by atoms with E-state index in [-0.39, 0.29) is 10.6 Å². The van der Waals surface area contributed by atoms with Gasteiger partial charge in [-0.15, -0.1) is 11.6 Å². The summed E-state index contributed by atoms with van der Waals surface area (Å²) in [4.78, 5) is 11.4. The van der Waals surface area contributed by atoms with Gasteiger partial charge in [-0.3, -0.25) is 4.79 Å². The lowest BCUT2D eigenvalue weighted by Crippen LogP contribution is -2.25. The van der Waals surface area contributed by atoms with E-state index >= 15 is 0 Å². The molecule has 0 aromatic heterocycles. The van der Waals surface area contributed by atoms with Crippen molar-refractivity contribution >= 4 is 29.1 Å². The molecule has 0 aliphatic carbocycles. The van der Waals surface area contributed by atoms with Crippen molar-refractivity contribution in [3.63, 3.8) is 0 Å². The molecule has 0 saturated carbocycles. The van der Waals surface area contributed by atoms with Gasteiger partial charge in [0, 0.05) is 17.4 Å². The van der Waals surface area contributed by atoms with Gasteiger partial charge in [0.05, 0.1) is 5.56 Å². The summed E-state index contributed by atoms with van der Waals surface area (Å²) >= 11 is 11.0. The summed E-state index contributed by atoms with van der Waals surface area (Å²) in [6.45, 7) is 0.435. The summed E-state index contributed by atoms with van der Waals surface area (Å²) in [7, 11) is 0. The van der Waals surface area contributed by atoms with E-state index in [0.717, 1.165) is 6.07 Å². The molecule has 0 aliphatic rings. The number of rotatable bonds is 4. The number of alkyl halides is 1. The lowest BCUT2D eigenvalue weighted by atomic mass is 10.2. The number of carbonyl (C=O) groups excluding carboxylic acids is 1. The van der Waals surface area contributed by atoms with Crippen molar-refractivity contribution in [2.45, 2.75) is 6.42 Å². The molecule has 0 spiro atoms. The van der Waals surface area contributed by atoms with E-state index in [0.29, 0.717) is 18.8 Å². The van der Waals surface area contributed by atoms with Crippen molar-refractivity contribution in [3.8, 4) is 0 Å². The summed E-state index contributed by atoms with van der Waals surface area (Å²) in [5.41, 5.74) is -0.00558. The Kier molecular flexibility index (Phi) is 4.85. The van der Waals surface area contributed by atoms with Crippen molar-refractivity contribution in [3.05, 3.63) is 34.6 Å². The van der Waals surface area contributed by atoms with Gasteiger partial charge in [0.15, 0.2) is 0 Å². The van der Waals surface area contributed by atoms with E-state index in [9.17, 15) is 9.18 Å². The minimum Gasteiger partial charge on any atom is -0.352 e. The monoisotopic (exact) mass is 249 g/mol. The molecule has 1 aromatic carbocycles. The zero-order chi connectivity index (χ0) is 11.3. The Morgan fingerprint density at radius 2 is 2.20 bits per heavy atom. The molecular weight excluding hydrogens is 240 g/mol. The van der Waals surface area contributed by atoms with Gasteiger partial charge in [-0.05, 0) is 24.6 Å². The molecule has 1 rings (SSSR count). The second kappa shape index (κ2) is 5.93. The summed E-state index contributed by atoms with van der Waals surface area (Å²) in [6.07, 6.45) is 0.655. The predicted molar refractivity (Wildman–Crippen MR) is 59.1 cm³/mol. The van der Waals surface area contributed by atoms with Gasteiger partial charge in [0.1, 0.15) is 5.82 Å². The van der Waals surface area contributed by atoms with Gasteiger partial charge in [-0.25, -0.2) is 4.39 Å². The van der Waals surface area contributed by atoms with Crippen LogP contribution in [0.1, 0.15) is 16.8 Å². The number of carbonyl (C=O) groups is 1. The zero-order valence-corrected chi connectivity index (χ0v) is 9.41. The molecule has 1 N–H and O–H groups in total. The fourth-order valence-corrected chi connectivity index (χ4v) is 1.33. The molecule has 1 amide bonds. The van der Waals surface area contributed by atoms with E-state index in [2.05, 4.69) is 5.32 Å². The standard InChI is InChI=1S/C10H10Cl2FNO/c11-4-1-5-14-10(15)8-3-2-7(12)6-9(8)13/h2-3,6H,1,4-5H2,(H,14,15). The van der Waals surface area contributed by atoms with Crippen LogP contribution in [0.25, 0.3) is 0 Å².